The van der Waals surface area contributed by atoms with Crippen LogP contribution in [0.3, 0.4) is 0 Å². The number of aryl methyl sites for hydroxylation is 1. The molecule has 0 spiro atoms. The van der Waals surface area contributed by atoms with Gasteiger partial charge >= 0.3 is 6.09 Å². The van der Waals surface area contributed by atoms with Crippen molar-refractivity contribution < 1.29 is 9.53 Å². The molecule has 2 unspecified atom stereocenters. The lowest BCUT2D eigenvalue weighted by Crippen LogP contribution is -2.44. The van der Waals surface area contributed by atoms with Gasteiger partial charge in [-0.05, 0) is 57.6 Å². The molecule has 1 amide bonds. The number of benzene rings is 1. The lowest BCUT2D eigenvalue weighted by atomic mass is 9.88. The summed E-state index contributed by atoms with van der Waals surface area (Å²) >= 11 is 0. The molecule has 0 aromatic heterocycles. The van der Waals surface area contributed by atoms with E-state index in [1.54, 1.807) is 0 Å². The van der Waals surface area contributed by atoms with Gasteiger partial charge in [0.15, 0.2) is 0 Å². The van der Waals surface area contributed by atoms with Gasteiger partial charge in [-0.3, -0.25) is 0 Å². The Bertz CT molecular complexity index is 565. The SMILES string of the molecule is CC(C)(C)OC(=O)N1CCC(NC2CCc3ccccc3C2)C1. The third-order valence-corrected chi connectivity index (χ3v) is 4.66. The number of nitrogens with zero attached hydrogens (tertiary/aromatic N) is 1. The van der Waals surface area contributed by atoms with Gasteiger partial charge in [-0.25, -0.2) is 4.79 Å². The molecule has 0 saturated carbocycles. The molecule has 1 fully saturated rings. The second-order valence-corrected chi connectivity index (χ2v) is 7.79. The lowest BCUT2D eigenvalue weighted by molar-refractivity contribution is 0.0290. The quantitative estimate of drug-likeness (QED) is 0.911. The Morgan fingerprint density at radius 1 is 1.17 bits per heavy atom. The molecule has 0 bridgehead atoms. The van der Waals surface area contributed by atoms with Crippen LogP contribution in [0.1, 0.15) is 44.7 Å². The lowest BCUT2D eigenvalue weighted by Gasteiger charge is -2.28. The molecule has 2 aliphatic rings. The predicted octanol–water partition coefficient (Wildman–Crippen LogP) is 3.14. The van der Waals surface area contributed by atoms with Crippen LogP contribution >= 0.6 is 0 Å². The van der Waals surface area contributed by atoms with Gasteiger partial charge in [-0.15, -0.1) is 0 Å². The number of rotatable bonds is 2. The van der Waals surface area contributed by atoms with Gasteiger partial charge in [0.05, 0.1) is 0 Å². The Hall–Kier alpha value is -1.55. The largest absolute Gasteiger partial charge is 0.444 e. The molecule has 1 aliphatic carbocycles. The van der Waals surface area contributed by atoms with E-state index in [-0.39, 0.29) is 6.09 Å². The zero-order valence-electron chi connectivity index (χ0n) is 14.5. The summed E-state index contributed by atoms with van der Waals surface area (Å²) in [7, 11) is 0. The van der Waals surface area contributed by atoms with Crippen molar-refractivity contribution in [3.8, 4) is 0 Å². The van der Waals surface area contributed by atoms with Gasteiger partial charge in [0.1, 0.15) is 5.60 Å². The van der Waals surface area contributed by atoms with Gasteiger partial charge < -0.3 is 15.0 Å². The first-order valence-electron chi connectivity index (χ1n) is 8.71. The minimum absolute atomic E-state index is 0.184. The highest BCUT2D eigenvalue weighted by molar-refractivity contribution is 5.68. The predicted molar refractivity (Wildman–Crippen MR) is 91.6 cm³/mol. The van der Waals surface area contributed by atoms with Crippen molar-refractivity contribution in [1.82, 2.24) is 10.2 Å². The monoisotopic (exact) mass is 316 g/mol. The molecule has 1 aliphatic heterocycles. The fourth-order valence-corrected chi connectivity index (χ4v) is 3.56. The van der Waals surface area contributed by atoms with Crippen LogP contribution in [0, 0.1) is 0 Å². The first kappa shape index (κ1) is 16.3. The maximum absolute atomic E-state index is 12.1. The number of hydrogen-bond donors (Lipinski definition) is 1. The zero-order chi connectivity index (χ0) is 16.4. The Kier molecular flexibility index (Phi) is 4.62. The van der Waals surface area contributed by atoms with Crippen molar-refractivity contribution in [2.75, 3.05) is 13.1 Å². The third kappa shape index (κ3) is 4.25. The fourth-order valence-electron chi connectivity index (χ4n) is 3.56. The maximum Gasteiger partial charge on any atom is 0.410 e. The van der Waals surface area contributed by atoms with E-state index in [4.69, 9.17) is 4.74 Å². The molecule has 3 rings (SSSR count). The number of likely N-dealkylation sites (tertiary alicyclic amines) is 1. The second kappa shape index (κ2) is 6.52. The van der Waals surface area contributed by atoms with Crippen molar-refractivity contribution in [2.45, 2.75) is 64.1 Å². The molecule has 1 aromatic rings. The average Bonchev–Trinajstić information content (AvgIpc) is 2.94. The van der Waals surface area contributed by atoms with E-state index in [2.05, 4.69) is 29.6 Å². The van der Waals surface area contributed by atoms with E-state index in [0.717, 1.165) is 32.4 Å². The highest BCUT2D eigenvalue weighted by atomic mass is 16.6. The Labute approximate surface area is 139 Å². The molecule has 1 saturated heterocycles. The van der Waals surface area contributed by atoms with E-state index in [1.165, 1.54) is 17.5 Å². The first-order valence-corrected chi connectivity index (χ1v) is 8.71. The Balaban J connectivity index is 1.50. The number of carbonyl (C=O) groups excluding carboxylic acids is 1. The topological polar surface area (TPSA) is 41.6 Å². The zero-order valence-corrected chi connectivity index (χ0v) is 14.5. The van der Waals surface area contributed by atoms with Crippen molar-refractivity contribution in [1.29, 1.82) is 0 Å². The van der Waals surface area contributed by atoms with Crippen LogP contribution in [0.25, 0.3) is 0 Å². The van der Waals surface area contributed by atoms with Gasteiger partial charge in [0.2, 0.25) is 0 Å². The van der Waals surface area contributed by atoms with Crippen LogP contribution in [-0.2, 0) is 17.6 Å². The number of amides is 1. The molecule has 1 heterocycles. The number of nitrogens with one attached hydrogen (secondary N) is 1. The summed E-state index contributed by atoms with van der Waals surface area (Å²) in [6.45, 7) is 7.28. The number of hydrogen-bond acceptors (Lipinski definition) is 3. The summed E-state index contributed by atoms with van der Waals surface area (Å²) in [5.74, 6) is 0. The normalized spacial score (nSPS) is 24.4. The number of ether oxygens (including phenoxy) is 1. The van der Waals surface area contributed by atoms with E-state index in [1.807, 2.05) is 25.7 Å². The van der Waals surface area contributed by atoms with Crippen LogP contribution in [-0.4, -0.2) is 41.8 Å². The summed E-state index contributed by atoms with van der Waals surface area (Å²) in [5.41, 5.74) is 2.54. The molecule has 23 heavy (non-hydrogen) atoms. The Morgan fingerprint density at radius 2 is 1.91 bits per heavy atom. The van der Waals surface area contributed by atoms with E-state index < -0.39 is 5.60 Å². The van der Waals surface area contributed by atoms with Crippen LogP contribution in [0.2, 0.25) is 0 Å². The fraction of sp³-hybridized carbons (Fsp3) is 0.632. The smallest absolute Gasteiger partial charge is 0.410 e. The minimum Gasteiger partial charge on any atom is -0.444 e. The molecule has 0 radical (unpaired) electrons. The van der Waals surface area contributed by atoms with Crippen molar-refractivity contribution >= 4 is 6.09 Å². The van der Waals surface area contributed by atoms with Gasteiger partial charge in [-0.2, -0.15) is 0 Å². The average molecular weight is 316 g/mol. The molecule has 4 heteroatoms. The van der Waals surface area contributed by atoms with Crippen LogP contribution < -0.4 is 5.32 Å². The molecule has 1 N–H and O–H groups in total. The van der Waals surface area contributed by atoms with E-state index in [9.17, 15) is 4.79 Å². The van der Waals surface area contributed by atoms with Gasteiger partial charge in [0.25, 0.3) is 0 Å². The summed E-state index contributed by atoms with van der Waals surface area (Å²) in [6.07, 6.45) is 4.25. The highest BCUT2D eigenvalue weighted by Crippen LogP contribution is 2.23. The summed E-state index contributed by atoms with van der Waals surface area (Å²) < 4.78 is 5.47. The first-order chi connectivity index (χ1) is 10.9. The van der Waals surface area contributed by atoms with E-state index in [0.29, 0.717) is 12.1 Å². The molecular weight excluding hydrogens is 288 g/mol. The molecular formula is C19H28N2O2. The molecule has 2 atom stereocenters. The van der Waals surface area contributed by atoms with Crippen molar-refractivity contribution in [3.05, 3.63) is 35.4 Å². The summed E-state index contributed by atoms with van der Waals surface area (Å²) in [5, 5.41) is 3.76. The molecule has 126 valence electrons. The van der Waals surface area contributed by atoms with Crippen molar-refractivity contribution in [3.63, 3.8) is 0 Å². The highest BCUT2D eigenvalue weighted by Gasteiger charge is 2.31. The van der Waals surface area contributed by atoms with Gasteiger partial charge in [-0.1, -0.05) is 24.3 Å². The third-order valence-electron chi connectivity index (χ3n) is 4.66. The van der Waals surface area contributed by atoms with E-state index >= 15 is 0 Å². The minimum atomic E-state index is -0.421. The second-order valence-electron chi connectivity index (χ2n) is 7.79. The van der Waals surface area contributed by atoms with Crippen LogP contribution in [0.5, 0.6) is 0 Å². The molecule has 4 nitrogen and oxygen atoms in total. The van der Waals surface area contributed by atoms with Gasteiger partial charge in [0, 0.05) is 25.2 Å². The number of fused-ring (bicyclic) bond motifs is 1. The van der Waals surface area contributed by atoms with Crippen LogP contribution in [0.15, 0.2) is 24.3 Å². The standard InChI is InChI=1S/C19H28N2O2/c1-19(2,3)23-18(22)21-11-10-17(13-21)20-16-9-8-14-6-4-5-7-15(14)12-16/h4-7,16-17,20H,8-13H2,1-3H3. The summed E-state index contributed by atoms with van der Waals surface area (Å²) in [6, 6.07) is 9.64. The van der Waals surface area contributed by atoms with Crippen molar-refractivity contribution in [2.24, 2.45) is 0 Å². The Morgan fingerprint density at radius 3 is 2.65 bits per heavy atom. The summed E-state index contributed by atoms with van der Waals surface area (Å²) in [4.78, 5) is 14.0. The maximum atomic E-state index is 12.1. The molecule has 1 aromatic carbocycles. The number of carbonyl (C=O) groups is 1. The van der Waals surface area contributed by atoms with Crippen LogP contribution in [0.4, 0.5) is 4.79 Å².